The fourth-order valence-corrected chi connectivity index (χ4v) is 3.90. The Hall–Kier alpha value is -1.32. The second-order valence-electron chi connectivity index (χ2n) is 7.04. The van der Waals surface area contributed by atoms with Gasteiger partial charge in [-0.3, -0.25) is 0 Å². The van der Waals surface area contributed by atoms with Crippen molar-refractivity contribution in [2.24, 2.45) is 17.3 Å². The van der Waals surface area contributed by atoms with Gasteiger partial charge < -0.3 is 10.1 Å². The van der Waals surface area contributed by atoms with Crippen LogP contribution in [0.4, 0.5) is 14.5 Å². The highest BCUT2D eigenvalue weighted by atomic mass is 19.3. The van der Waals surface area contributed by atoms with Crippen LogP contribution in [0.3, 0.4) is 0 Å². The minimum atomic E-state index is -2.78. The first-order valence-corrected chi connectivity index (χ1v) is 7.59. The predicted octanol–water partition coefficient (Wildman–Crippen LogP) is 5.16. The zero-order valence-corrected chi connectivity index (χ0v) is 13.2. The van der Waals surface area contributed by atoms with E-state index in [9.17, 15) is 8.78 Å². The van der Waals surface area contributed by atoms with Crippen LogP contribution >= 0.6 is 0 Å². The van der Waals surface area contributed by atoms with E-state index in [4.69, 9.17) is 0 Å². The van der Waals surface area contributed by atoms with E-state index in [0.717, 1.165) is 11.6 Å². The number of hydrogen-bond acceptors (Lipinski definition) is 2. The molecule has 1 aromatic rings. The number of benzene rings is 1. The van der Waals surface area contributed by atoms with Crippen molar-refractivity contribution in [1.29, 1.82) is 0 Å². The fourth-order valence-electron chi connectivity index (χ4n) is 3.90. The number of alkyl halides is 2. The zero-order chi connectivity index (χ0) is 15.6. The van der Waals surface area contributed by atoms with Crippen LogP contribution in [0.1, 0.15) is 40.5 Å². The summed E-state index contributed by atoms with van der Waals surface area (Å²) in [7, 11) is 0. The Kier molecular flexibility index (Phi) is 4.74. The van der Waals surface area contributed by atoms with Crippen molar-refractivity contribution in [2.45, 2.75) is 53.2 Å². The Morgan fingerprint density at radius 2 is 1.81 bits per heavy atom. The van der Waals surface area contributed by atoms with E-state index in [2.05, 4.69) is 37.7 Å². The van der Waals surface area contributed by atoms with Crippen molar-refractivity contribution in [3.8, 4) is 5.75 Å². The molecular formula is C17H25F2NO. The lowest BCUT2D eigenvalue weighted by molar-refractivity contribution is -0.0498. The molecule has 3 atom stereocenters. The Labute approximate surface area is 125 Å². The molecule has 0 spiro atoms. The van der Waals surface area contributed by atoms with Gasteiger partial charge in [-0.15, -0.1) is 0 Å². The second kappa shape index (κ2) is 6.20. The van der Waals surface area contributed by atoms with E-state index in [1.807, 2.05) is 0 Å². The maximum atomic E-state index is 12.1. The monoisotopic (exact) mass is 297 g/mol. The standard InChI is InChI=1S/C17H25F2NO/c1-11-9-12(2)15(17(3,4)10-11)20-13-5-7-14(8-6-13)21-16(18)19/h5-8,11-12,15-16,20H,9-10H2,1-4H3/t11?,12-,15-/m1/s1. The number of anilines is 1. The minimum absolute atomic E-state index is 0.195. The van der Waals surface area contributed by atoms with Gasteiger partial charge in [-0.25, -0.2) is 0 Å². The van der Waals surface area contributed by atoms with Gasteiger partial charge >= 0.3 is 6.61 Å². The minimum Gasteiger partial charge on any atom is -0.435 e. The second-order valence-corrected chi connectivity index (χ2v) is 7.04. The van der Waals surface area contributed by atoms with E-state index in [1.165, 1.54) is 12.8 Å². The highest BCUT2D eigenvalue weighted by molar-refractivity contribution is 5.47. The van der Waals surface area contributed by atoms with Crippen LogP contribution in [0.2, 0.25) is 0 Å². The van der Waals surface area contributed by atoms with Crippen molar-refractivity contribution in [2.75, 3.05) is 5.32 Å². The molecule has 0 amide bonds. The van der Waals surface area contributed by atoms with E-state index in [1.54, 1.807) is 24.3 Å². The summed E-state index contributed by atoms with van der Waals surface area (Å²) in [4.78, 5) is 0. The van der Waals surface area contributed by atoms with Crippen molar-refractivity contribution in [1.82, 2.24) is 0 Å². The molecule has 1 aromatic carbocycles. The molecule has 21 heavy (non-hydrogen) atoms. The molecule has 118 valence electrons. The highest BCUT2D eigenvalue weighted by Gasteiger charge is 2.39. The molecule has 0 radical (unpaired) electrons. The summed E-state index contributed by atoms with van der Waals surface area (Å²) in [5.41, 5.74) is 1.17. The molecule has 0 aromatic heterocycles. The molecule has 0 saturated heterocycles. The van der Waals surface area contributed by atoms with Crippen molar-refractivity contribution in [3.05, 3.63) is 24.3 Å². The van der Waals surface area contributed by atoms with Gasteiger partial charge in [0.1, 0.15) is 5.75 Å². The Bertz CT molecular complexity index is 458. The summed E-state index contributed by atoms with van der Waals surface area (Å²) in [6, 6.07) is 7.15. The normalized spacial score (nSPS) is 28.4. The third kappa shape index (κ3) is 4.08. The third-order valence-corrected chi connectivity index (χ3v) is 4.46. The van der Waals surface area contributed by atoms with E-state index >= 15 is 0 Å². The number of hydrogen-bond donors (Lipinski definition) is 1. The van der Waals surface area contributed by atoms with Crippen molar-refractivity contribution in [3.63, 3.8) is 0 Å². The number of nitrogens with one attached hydrogen (secondary N) is 1. The van der Waals surface area contributed by atoms with Crippen LogP contribution in [0.15, 0.2) is 24.3 Å². The van der Waals surface area contributed by atoms with Crippen molar-refractivity contribution >= 4 is 5.69 Å². The average Bonchev–Trinajstić information content (AvgIpc) is 2.34. The fraction of sp³-hybridized carbons (Fsp3) is 0.647. The summed E-state index contributed by atoms with van der Waals surface area (Å²) < 4.78 is 28.7. The van der Waals surface area contributed by atoms with E-state index in [0.29, 0.717) is 12.0 Å². The number of halogens is 2. The van der Waals surface area contributed by atoms with Gasteiger partial charge in [-0.2, -0.15) is 8.78 Å². The molecule has 0 heterocycles. The maximum absolute atomic E-state index is 12.1. The maximum Gasteiger partial charge on any atom is 0.387 e. The largest absolute Gasteiger partial charge is 0.435 e. The molecule has 0 bridgehead atoms. The molecule has 2 nitrogen and oxygen atoms in total. The molecule has 2 rings (SSSR count). The summed E-state index contributed by atoms with van der Waals surface area (Å²) in [5.74, 6) is 1.52. The van der Waals surface area contributed by atoms with Gasteiger partial charge in [0.2, 0.25) is 0 Å². The molecule has 1 aliphatic carbocycles. The molecule has 1 saturated carbocycles. The predicted molar refractivity (Wildman–Crippen MR) is 81.8 cm³/mol. The zero-order valence-electron chi connectivity index (χ0n) is 13.2. The SMILES string of the molecule is CC1C[C@@H](C)[C@@H](Nc2ccc(OC(F)F)cc2)C(C)(C)C1. The topological polar surface area (TPSA) is 21.3 Å². The lowest BCUT2D eigenvalue weighted by Gasteiger charge is -2.46. The molecule has 4 heteroatoms. The summed E-state index contributed by atoms with van der Waals surface area (Å²) >= 11 is 0. The number of ether oxygens (including phenoxy) is 1. The first-order valence-electron chi connectivity index (χ1n) is 7.59. The van der Waals surface area contributed by atoms with Crippen LogP contribution in [0.25, 0.3) is 0 Å². The highest BCUT2D eigenvalue weighted by Crippen LogP contribution is 2.43. The van der Waals surface area contributed by atoms with Crippen LogP contribution in [-0.4, -0.2) is 12.7 Å². The van der Waals surface area contributed by atoms with Gasteiger partial charge in [0, 0.05) is 11.7 Å². The molecule has 1 fully saturated rings. The number of rotatable bonds is 4. The molecule has 1 unspecified atom stereocenters. The third-order valence-electron chi connectivity index (χ3n) is 4.46. The first-order chi connectivity index (χ1) is 9.78. The van der Waals surface area contributed by atoms with Gasteiger partial charge in [-0.1, -0.05) is 27.7 Å². The summed E-state index contributed by atoms with van der Waals surface area (Å²) in [6.07, 6.45) is 2.41. The smallest absolute Gasteiger partial charge is 0.387 e. The Morgan fingerprint density at radius 3 is 2.33 bits per heavy atom. The average molecular weight is 297 g/mol. The van der Waals surface area contributed by atoms with Crippen LogP contribution in [0.5, 0.6) is 5.75 Å². The van der Waals surface area contributed by atoms with Crippen LogP contribution in [0, 0.1) is 17.3 Å². The van der Waals surface area contributed by atoms with Gasteiger partial charge in [-0.05, 0) is 54.4 Å². The molecule has 0 aliphatic heterocycles. The Morgan fingerprint density at radius 1 is 1.19 bits per heavy atom. The molecule has 1 N–H and O–H groups in total. The van der Waals surface area contributed by atoms with Crippen molar-refractivity contribution < 1.29 is 13.5 Å². The van der Waals surface area contributed by atoms with E-state index < -0.39 is 6.61 Å². The van der Waals surface area contributed by atoms with Crippen LogP contribution in [-0.2, 0) is 0 Å². The van der Waals surface area contributed by atoms with Gasteiger partial charge in [0.15, 0.2) is 0 Å². The molecular weight excluding hydrogens is 272 g/mol. The summed E-state index contributed by atoms with van der Waals surface area (Å²) in [6.45, 7) is 6.41. The van der Waals surface area contributed by atoms with Gasteiger partial charge in [0.05, 0.1) is 0 Å². The van der Waals surface area contributed by atoms with E-state index in [-0.39, 0.29) is 11.2 Å². The van der Waals surface area contributed by atoms with Crippen LogP contribution < -0.4 is 10.1 Å². The quantitative estimate of drug-likeness (QED) is 0.828. The van der Waals surface area contributed by atoms with Gasteiger partial charge in [0.25, 0.3) is 0 Å². The first kappa shape index (κ1) is 16.1. The lowest BCUT2D eigenvalue weighted by atomic mass is 9.65. The summed E-state index contributed by atoms with van der Waals surface area (Å²) in [5, 5.41) is 3.58. The Balaban J connectivity index is 2.06. The lowest BCUT2D eigenvalue weighted by Crippen LogP contribution is -2.46. The molecule has 1 aliphatic rings.